The van der Waals surface area contributed by atoms with Crippen LogP contribution in [-0.2, 0) is 6.42 Å². The lowest BCUT2D eigenvalue weighted by Gasteiger charge is -2.29. The first-order valence-corrected chi connectivity index (χ1v) is 8.97. The maximum absolute atomic E-state index is 2.37. The van der Waals surface area contributed by atoms with Crippen LogP contribution in [-0.4, -0.2) is 18.1 Å². The van der Waals surface area contributed by atoms with E-state index in [1.807, 2.05) is 0 Å². The molecule has 0 amide bonds. The van der Waals surface area contributed by atoms with Gasteiger partial charge in [0.05, 0.1) is 0 Å². The lowest BCUT2D eigenvalue weighted by Crippen LogP contribution is -2.33. The maximum atomic E-state index is 2.37. The second-order valence-corrected chi connectivity index (χ2v) is 7.24. The summed E-state index contributed by atoms with van der Waals surface area (Å²) in [6, 6.07) is 17.9. The summed E-state index contributed by atoms with van der Waals surface area (Å²) in [5, 5.41) is 2.70. The Hall–Kier alpha value is -2.74. The Labute approximate surface area is 149 Å². The summed E-state index contributed by atoms with van der Waals surface area (Å²) in [7, 11) is 2.13. The maximum Gasteiger partial charge on any atom is 0.102 e. The normalized spacial score (nSPS) is 18.1. The van der Waals surface area contributed by atoms with Gasteiger partial charge in [-0.25, -0.2) is 0 Å². The summed E-state index contributed by atoms with van der Waals surface area (Å²) in [6.07, 6.45) is 5.74. The van der Waals surface area contributed by atoms with Crippen LogP contribution in [0.2, 0.25) is 0 Å². The van der Waals surface area contributed by atoms with Crippen LogP contribution >= 0.6 is 0 Å². The zero-order chi connectivity index (χ0) is 17.1. The summed E-state index contributed by atoms with van der Waals surface area (Å²) in [4.78, 5) is 4.62. The molecule has 124 valence electrons. The van der Waals surface area contributed by atoms with Crippen molar-refractivity contribution in [2.75, 3.05) is 11.9 Å². The van der Waals surface area contributed by atoms with Gasteiger partial charge in [-0.15, -0.1) is 0 Å². The quantitative estimate of drug-likeness (QED) is 0.469. The van der Waals surface area contributed by atoms with Crippen molar-refractivity contribution in [1.29, 1.82) is 0 Å². The Morgan fingerprint density at radius 1 is 0.960 bits per heavy atom. The van der Waals surface area contributed by atoms with Crippen LogP contribution in [0.15, 0.2) is 60.9 Å². The highest BCUT2D eigenvalue weighted by Gasteiger charge is 2.27. The van der Waals surface area contributed by atoms with E-state index in [0.717, 1.165) is 6.42 Å². The van der Waals surface area contributed by atoms with Gasteiger partial charge in [-0.1, -0.05) is 42.5 Å². The van der Waals surface area contributed by atoms with Crippen molar-refractivity contribution in [2.45, 2.75) is 26.4 Å². The van der Waals surface area contributed by atoms with Crippen LogP contribution in [0.3, 0.4) is 0 Å². The van der Waals surface area contributed by atoms with Gasteiger partial charge in [0.1, 0.15) is 6.17 Å². The fraction of sp³-hybridized carbons (Fsp3) is 0.217. The van der Waals surface area contributed by atoms with Crippen LogP contribution in [0, 0.1) is 6.92 Å². The van der Waals surface area contributed by atoms with Crippen molar-refractivity contribution >= 4 is 16.5 Å². The van der Waals surface area contributed by atoms with Crippen molar-refractivity contribution in [3.8, 4) is 11.1 Å². The van der Waals surface area contributed by atoms with E-state index in [9.17, 15) is 0 Å². The first-order valence-electron chi connectivity index (χ1n) is 8.97. The van der Waals surface area contributed by atoms with Crippen molar-refractivity contribution < 1.29 is 0 Å². The van der Waals surface area contributed by atoms with E-state index in [-0.39, 0.29) is 0 Å². The topological polar surface area (TPSA) is 6.48 Å². The van der Waals surface area contributed by atoms with E-state index < -0.39 is 0 Å². The van der Waals surface area contributed by atoms with Crippen LogP contribution in [0.25, 0.3) is 21.9 Å². The van der Waals surface area contributed by atoms with Gasteiger partial charge in [-0.2, -0.15) is 0 Å². The Morgan fingerprint density at radius 2 is 1.80 bits per heavy atom. The molecule has 0 radical (unpaired) electrons. The average Bonchev–Trinajstić information content (AvgIpc) is 3.17. The standard InChI is InChI=1S/C23H22N2/c1-15-21-14-18-9-8-17-6-4-5-7-19(17)23(18)20(21)10-11-22(15)25-13-12-24(3)16(25)2/h4-13,16H,14H2,1-3H3/t16-/m0/s1. The Kier molecular flexibility index (Phi) is 2.99. The molecule has 1 atom stereocenters. The molecule has 1 aliphatic carbocycles. The second kappa shape index (κ2) is 5.13. The molecular weight excluding hydrogens is 304 g/mol. The number of nitrogens with zero attached hydrogens (tertiary/aromatic N) is 2. The third-order valence-corrected chi connectivity index (χ3v) is 5.95. The smallest absolute Gasteiger partial charge is 0.102 e. The SMILES string of the molecule is Cc1c(N2C=CN(C)[C@@H]2C)ccc2c1Cc1ccc3ccccc3c1-2. The highest BCUT2D eigenvalue weighted by molar-refractivity contribution is 6.01. The van der Waals surface area contributed by atoms with Gasteiger partial charge in [0.25, 0.3) is 0 Å². The van der Waals surface area contributed by atoms with Crippen molar-refractivity contribution in [3.05, 3.63) is 77.6 Å². The molecule has 0 aromatic heterocycles. The zero-order valence-electron chi connectivity index (χ0n) is 15.0. The van der Waals surface area contributed by atoms with Crippen LogP contribution in [0.4, 0.5) is 5.69 Å². The predicted molar refractivity (Wildman–Crippen MR) is 106 cm³/mol. The number of hydrogen-bond acceptors (Lipinski definition) is 2. The van der Waals surface area contributed by atoms with Gasteiger partial charge < -0.3 is 9.80 Å². The van der Waals surface area contributed by atoms with E-state index in [1.165, 1.54) is 44.3 Å². The molecular formula is C23H22N2. The van der Waals surface area contributed by atoms with E-state index in [4.69, 9.17) is 0 Å². The molecule has 0 spiro atoms. The van der Waals surface area contributed by atoms with Crippen molar-refractivity contribution in [1.82, 2.24) is 4.90 Å². The summed E-state index contributed by atoms with van der Waals surface area (Å²) in [6.45, 7) is 4.52. The highest BCUT2D eigenvalue weighted by atomic mass is 15.4. The monoisotopic (exact) mass is 326 g/mol. The van der Waals surface area contributed by atoms with Gasteiger partial charge >= 0.3 is 0 Å². The average molecular weight is 326 g/mol. The molecule has 0 bridgehead atoms. The van der Waals surface area contributed by atoms with Gasteiger partial charge in [-0.3, -0.25) is 0 Å². The Bertz CT molecular complexity index is 1030. The van der Waals surface area contributed by atoms with Crippen LogP contribution < -0.4 is 4.90 Å². The minimum absolute atomic E-state index is 0.362. The van der Waals surface area contributed by atoms with Gasteiger partial charge in [0.2, 0.25) is 0 Å². The number of benzene rings is 3. The summed E-state index contributed by atoms with van der Waals surface area (Å²) in [5.74, 6) is 0. The van der Waals surface area contributed by atoms with Gasteiger partial charge in [0, 0.05) is 25.1 Å². The van der Waals surface area contributed by atoms with Crippen molar-refractivity contribution in [3.63, 3.8) is 0 Å². The molecule has 0 saturated carbocycles. The molecule has 2 nitrogen and oxygen atoms in total. The number of rotatable bonds is 1. The number of anilines is 1. The van der Waals surface area contributed by atoms with Gasteiger partial charge in [-0.05, 0) is 64.9 Å². The fourth-order valence-electron chi connectivity index (χ4n) is 4.36. The number of fused-ring (bicyclic) bond motifs is 5. The van der Waals surface area contributed by atoms with Crippen molar-refractivity contribution in [2.24, 2.45) is 0 Å². The minimum Gasteiger partial charge on any atom is -0.359 e. The molecule has 1 aliphatic heterocycles. The predicted octanol–water partition coefficient (Wildman–Crippen LogP) is 5.29. The molecule has 1 heterocycles. The molecule has 25 heavy (non-hydrogen) atoms. The second-order valence-electron chi connectivity index (χ2n) is 7.24. The third kappa shape index (κ3) is 1.97. The van der Waals surface area contributed by atoms with E-state index in [2.05, 4.69) is 91.6 Å². The van der Waals surface area contributed by atoms with Gasteiger partial charge in [0.15, 0.2) is 0 Å². The van der Waals surface area contributed by atoms with E-state index >= 15 is 0 Å². The molecule has 0 N–H and O–H groups in total. The summed E-state index contributed by atoms with van der Waals surface area (Å²) >= 11 is 0. The first kappa shape index (κ1) is 14.6. The molecule has 0 unspecified atom stereocenters. The molecule has 2 heteroatoms. The minimum atomic E-state index is 0.362. The van der Waals surface area contributed by atoms with Crippen LogP contribution in [0.1, 0.15) is 23.6 Å². The molecule has 5 rings (SSSR count). The molecule has 3 aromatic rings. The Balaban J connectivity index is 1.69. The first-order chi connectivity index (χ1) is 12.1. The lowest BCUT2D eigenvalue weighted by atomic mass is 9.96. The van der Waals surface area contributed by atoms with E-state index in [0.29, 0.717) is 6.17 Å². The van der Waals surface area contributed by atoms with E-state index in [1.54, 1.807) is 0 Å². The fourth-order valence-corrected chi connectivity index (χ4v) is 4.36. The summed E-state index contributed by atoms with van der Waals surface area (Å²) in [5.41, 5.74) is 8.52. The molecule has 3 aromatic carbocycles. The zero-order valence-corrected chi connectivity index (χ0v) is 15.0. The highest BCUT2D eigenvalue weighted by Crippen LogP contribution is 2.45. The molecule has 0 saturated heterocycles. The molecule has 2 aliphatic rings. The Morgan fingerprint density at radius 3 is 2.60 bits per heavy atom. The van der Waals surface area contributed by atoms with Crippen LogP contribution in [0.5, 0.6) is 0 Å². The number of hydrogen-bond donors (Lipinski definition) is 0. The molecule has 0 fully saturated rings. The lowest BCUT2D eigenvalue weighted by molar-refractivity contribution is 0.383. The summed E-state index contributed by atoms with van der Waals surface area (Å²) < 4.78 is 0. The third-order valence-electron chi connectivity index (χ3n) is 5.95. The largest absolute Gasteiger partial charge is 0.359 e.